The molecule has 0 rings (SSSR count). The van der Waals surface area contributed by atoms with E-state index in [9.17, 15) is 4.79 Å². The quantitative estimate of drug-likeness (QED) is 0.525. The lowest BCUT2D eigenvalue weighted by molar-refractivity contribution is -0.125. The zero-order chi connectivity index (χ0) is 11.5. The van der Waals surface area contributed by atoms with Gasteiger partial charge in [0.05, 0.1) is 19.3 Å². The smallest absolute Gasteiger partial charge is 0.246 e. The van der Waals surface area contributed by atoms with E-state index in [0.29, 0.717) is 19.8 Å². The van der Waals surface area contributed by atoms with Crippen LogP contribution in [-0.2, 0) is 14.3 Å². The number of nitrogens with one attached hydrogen (secondary N) is 2. The number of hydrogen-bond acceptors (Lipinski definition) is 4. The Balaban J connectivity index is 3.19. The third kappa shape index (κ3) is 11.3. The minimum Gasteiger partial charge on any atom is -0.377 e. The number of carbonyl (C=O) groups is 1. The molecule has 0 saturated heterocycles. The van der Waals surface area contributed by atoms with Crippen molar-refractivity contribution >= 4 is 5.91 Å². The van der Waals surface area contributed by atoms with E-state index in [2.05, 4.69) is 10.6 Å². The highest BCUT2D eigenvalue weighted by Gasteiger charge is 2.00. The van der Waals surface area contributed by atoms with Crippen LogP contribution < -0.4 is 10.6 Å². The Morgan fingerprint density at radius 3 is 2.60 bits per heavy atom. The van der Waals surface area contributed by atoms with Gasteiger partial charge >= 0.3 is 0 Å². The molecule has 0 saturated carbocycles. The lowest BCUT2D eigenvalue weighted by Crippen LogP contribution is -2.32. The van der Waals surface area contributed by atoms with Gasteiger partial charge in [0.2, 0.25) is 5.91 Å². The van der Waals surface area contributed by atoms with E-state index in [1.54, 1.807) is 0 Å². The van der Waals surface area contributed by atoms with E-state index in [0.717, 1.165) is 6.54 Å². The molecule has 0 heterocycles. The first kappa shape index (κ1) is 14.3. The highest BCUT2D eigenvalue weighted by atomic mass is 16.5. The maximum Gasteiger partial charge on any atom is 0.246 e. The fraction of sp³-hybridized carbons (Fsp3) is 0.900. The third-order valence-electron chi connectivity index (χ3n) is 1.60. The molecule has 0 spiro atoms. The van der Waals surface area contributed by atoms with E-state index >= 15 is 0 Å². The molecule has 5 heteroatoms. The van der Waals surface area contributed by atoms with Gasteiger partial charge in [-0.3, -0.25) is 4.79 Å². The molecule has 5 nitrogen and oxygen atoms in total. The molecular weight excluding hydrogens is 196 g/mol. The fourth-order valence-electron chi connectivity index (χ4n) is 0.875. The minimum atomic E-state index is -0.0986. The fourth-order valence-corrected chi connectivity index (χ4v) is 0.875. The summed E-state index contributed by atoms with van der Waals surface area (Å²) in [5, 5.41) is 5.64. The normalized spacial score (nSPS) is 10.7. The number of amides is 1. The average molecular weight is 218 g/mol. The number of carbonyl (C=O) groups excluding carboxylic acids is 1. The number of likely N-dealkylation sites (N-methyl/N-ethyl adjacent to an activating group) is 1. The summed E-state index contributed by atoms with van der Waals surface area (Å²) in [6.07, 6.45) is 0.203. The summed E-state index contributed by atoms with van der Waals surface area (Å²) in [5.41, 5.74) is 0. The molecule has 0 radical (unpaired) electrons. The summed E-state index contributed by atoms with van der Waals surface area (Å²) >= 11 is 0. The number of hydrogen-bond donors (Lipinski definition) is 2. The van der Waals surface area contributed by atoms with Gasteiger partial charge in [0.15, 0.2) is 0 Å². The average Bonchev–Trinajstić information content (AvgIpc) is 2.19. The first-order chi connectivity index (χ1) is 7.16. The Bertz CT molecular complexity index is 163. The molecule has 2 N–H and O–H groups in total. The molecule has 0 atom stereocenters. The second-order valence-corrected chi connectivity index (χ2v) is 3.43. The Hall–Kier alpha value is -0.650. The molecule has 0 aliphatic heterocycles. The predicted octanol–water partition coefficient (Wildman–Crippen LogP) is -0.236. The molecule has 0 aromatic heterocycles. The van der Waals surface area contributed by atoms with E-state index in [4.69, 9.17) is 9.47 Å². The summed E-state index contributed by atoms with van der Waals surface area (Å²) < 4.78 is 10.4. The first-order valence-electron chi connectivity index (χ1n) is 5.27. The van der Waals surface area contributed by atoms with Crippen LogP contribution in [0.5, 0.6) is 0 Å². The largest absolute Gasteiger partial charge is 0.377 e. The Morgan fingerprint density at radius 2 is 2.00 bits per heavy atom. The van der Waals surface area contributed by atoms with Crippen molar-refractivity contribution in [3.8, 4) is 0 Å². The van der Waals surface area contributed by atoms with Gasteiger partial charge in [-0.15, -0.1) is 0 Å². The van der Waals surface area contributed by atoms with Gasteiger partial charge in [-0.2, -0.15) is 0 Å². The maximum atomic E-state index is 11.1. The SMILES string of the molecule is CNCCOCC(=O)NCCOC(C)C. The molecule has 0 fully saturated rings. The van der Waals surface area contributed by atoms with Crippen LogP contribution in [0, 0.1) is 0 Å². The van der Waals surface area contributed by atoms with Crippen molar-refractivity contribution < 1.29 is 14.3 Å². The van der Waals surface area contributed by atoms with Crippen LogP contribution in [0.4, 0.5) is 0 Å². The van der Waals surface area contributed by atoms with Gasteiger partial charge in [0.1, 0.15) is 6.61 Å². The minimum absolute atomic E-state index is 0.0986. The van der Waals surface area contributed by atoms with Gasteiger partial charge in [-0.1, -0.05) is 0 Å². The summed E-state index contributed by atoms with van der Waals surface area (Å²) in [5.74, 6) is -0.0986. The van der Waals surface area contributed by atoms with Gasteiger partial charge in [0, 0.05) is 13.1 Å². The molecule has 1 amide bonds. The van der Waals surface area contributed by atoms with Crippen LogP contribution in [0.2, 0.25) is 0 Å². The summed E-state index contributed by atoms with van der Waals surface area (Å²) in [6, 6.07) is 0. The Labute approximate surface area is 91.5 Å². The molecular formula is C10H22N2O3. The van der Waals surface area contributed by atoms with Crippen LogP contribution in [0.1, 0.15) is 13.8 Å². The monoisotopic (exact) mass is 218 g/mol. The molecule has 0 aliphatic rings. The van der Waals surface area contributed by atoms with Crippen molar-refractivity contribution in [2.45, 2.75) is 20.0 Å². The Morgan fingerprint density at radius 1 is 1.27 bits per heavy atom. The summed E-state index contributed by atoms with van der Waals surface area (Å²) in [6.45, 7) is 6.41. The van der Waals surface area contributed by atoms with Crippen molar-refractivity contribution in [3.05, 3.63) is 0 Å². The molecule has 0 bridgehead atoms. The van der Waals surface area contributed by atoms with E-state index in [1.165, 1.54) is 0 Å². The second-order valence-electron chi connectivity index (χ2n) is 3.43. The van der Waals surface area contributed by atoms with Crippen LogP contribution in [0.15, 0.2) is 0 Å². The molecule has 0 aromatic carbocycles. The topological polar surface area (TPSA) is 59.6 Å². The summed E-state index contributed by atoms with van der Waals surface area (Å²) in [4.78, 5) is 11.1. The zero-order valence-electron chi connectivity index (χ0n) is 9.84. The highest BCUT2D eigenvalue weighted by molar-refractivity contribution is 5.77. The molecule has 15 heavy (non-hydrogen) atoms. The van der Waals surface area contributed by atoms with Crippen molar-refractivity contribution in [3.63, 3.8) is 0 Å². The van der Waals surface area contributed by atoms with Crippen LogP contribution in [0.3, 0.4) is 0 Å². The van der Waals surface area contributed by atoms with Crippen LogP contribution in [-0.4, -0.2) is 52.0 Å². The van der Waals surface area contributed by atoms with Gasteiger partial charge in [-0.25, -0.2) is 0 Å². The number of rotatable bonds is 9. The molecule has 0 aliphatic carbocycles. The maximum absolute atomic E-state index is 11.1. The van der Waals surface area contributed by atoms with Crippen LogP contribution in [0.25, 0.3) is 0 Å². The molecule has 0 unspecified atom stereocenters. The van der Waals surface area contributed by atoms with E-state index in [-0.39, 0.29) is 18.6 Å². The second kappa shape index (κ2) is 9.89. The number of ether oxygens (including phenoxy) is 2. The molecule has 0 aromatic rings. The van der Waals surface area contributed by atoms with Gasteiger partial charge < -0.3 is 20.1 Å². The Kier molecular flexibility index (Phi) is 9.46. The van der Waals surface area contributed by atoms with E-state index in [1.807, 2.05) is 20.9 Å². The van der Waals surface area contributed by atoms with Crippen LogP contribution >= 0.6 is 0 Å². The van der Waals surface area contributed by atoms with Crippen molar-refractivity contribution in [1.82, 2.24) is 10.6 Å². The first-order valence-corrected chi connectivity index (χ1v) is 5.27. The van der Waals surface area contributed by atoms with E-state index < -0.39 is 0 Å². The standard InChI is InChI=1S/C10H22N2O3/c1-9(2)15-7-5-12-10(13)8-14-6-4-11-3/h9,11H,4-8H2,1-3H3,(H,12,13). The van der Waals surface area contributed by atoms with Gasteiger partial charge in [0.25, 0.3) is 0 Å². The zero-order valence-corrected chi connectivity index (χ0v) is 9.84. The highest BCUT2D eigenvalue weighted by Crippen LogP contribution is 1.85. The predicted molar refractivity (Wildman–Crippen MR) is 58.8 cm³/mol. The third-order valence-corrected chi connectivity index (χ3v) is 1.60. The van der Waals surface area contributed by atoms with Crippen molar-refractivity contribution in [2.75, 3.05) is 40.0 Å². The lowest BCUT2D eigenvalue weighted by atomic mass is 10.5. The molecule has 90 valence electrons. The van der Waals surface area contributed by atoms with Gasteiger partial charge in [-0.05, 0) is 20.9 Å². The lowest BCUT2D eigenvalue weighted by Gasteiger charge is -2.08. The van der Waals surface area contributed by atoms with Crippen molar-refractivity contribution in [1.29, 1.82) is 0 Å². The summed E-state index contributed by atoms with van der Waals surface area (Å²) in [7, 11) is 1.84. The van der Waals surface area contributed by atoms with Crippen molar-refractivity contribution in [2.24, 2.45) is 0 Å².